The van der Waals surface area contributed by atoms with Crippen LogP contribution in [0.2, 0.25) is 0 Å². The van der Waals surface area contributed by atoms with Crippen LogP contribution in [0, 0.1) is 11.3 Å². The van der Waals surface area contributed by atoms with Gasteiger partial charge in [-0.1, -0.05) is 0 Å². The molecule has 0 saturated carbocycles. The van der Waals surface area contributed by atoms with Gasteiger partial charge in [0, 0.05) is 51.9 Å². The molecule has 0 radical (unpaired) electrons. The van der Waals surface area contributed by atoms with Crippen molar-refractivity contribution in [1.82, 2.24) is 25.0 Å². The number of aromatic nitrogens is 3. The van der Waals surface area contributed by atoms with Crippen LogP contribution in [-0.2, 0) is 11.0 Å². The number of anilines is 1. The van der Waals surface area contributed by atoms with Gasteiger partial charge in [-0.3, -0.25) is 9.59 Å². The molecule has 0 aliphatic carbocycles. The molecule has 34 heavy (non-hydrogen) atoms. The van der Waals surface area contributed by atoms with Crippen molar-refractivity contribution < 1.29 is 22.7 Å². The zero-order valence-electron chi connectivity index (χ0n) is 18.5. The molecule has 2 aromatic heterocycles. The van der Waals surface area contributed by atoms with E-state index < -0.39 is 23.0 Å². The average Bonchev–Trinajstić information content (AvgIpc) is 2.82. The summed E-state index contributed by atoms with van der Waals surface area (Å²) >= 11 is 0. The van der Waals surface area contributed by atoms with Crippen molar-refractivity contribution in [3.8, 4) is 11.8 Å². The summed E-state index contributed by atoms with van der Waals surface area (Å²) < 4.78 is 44.2. The van der Waals surface area contributed by atoms with Gasteiger partial charge in [-0.05, 0) is 19.2 Å². The van der Waals surface area contributed by atoms with Gasteiger partial charge < -0.3 is 19.4 Å². The quantitative estimate of drug-likeness (QED) is 0.598. The van der Waals surface area contributed by atoms with Crippen LogP contribution in [0.3, 0.4) is 0 Å². The maximum absolute atomic E-state index is 13.0. The largest absolute Gasteiger partial charge is 0.490 e. The number of nitrogens with zero attached hydrogens (tertiary/aromatic N) is 6. The van der Waals surface area contributed by atoms with Gasteiger partial charge in [0.05, 0.1) is 11.8 Å². The summed E-state index contributed by atoms with van der Waals surface area (Å²) in [7, 11) is 1.73. The molecule has 1 N–H and O–H groups in total. The number of pyridine rings is 1. The Morgan fingerprint density at radius 3 is 2.59 bits per heavy atom. The lowest BCUT2D eigenvalue weighted by atomic mass is 10.2. The lowest BCUT2D eigenvalue weighted by Gasteiger charge is -2.35. The van der Waals surface area contributed by atoms with Crippen molar-refractivity contribution in [1.29, 1.82) is 5.26 Å². The van der Waals surface area contributed by atoms with E-state index in [0.717, 1.165) is 12.0 Å². The number of halogens is 3. The van der Waals surface area contributed by atoms with E-state index in [2.05, 4.69) is 10.1 Å². The molecule has 1 amide bonds. The molecule has 3 rings (SSSR count). The van der Waals surface area contributed by atoms with Gasteiger partial charge in [-0.2, -0.15) is 23.5 Å². The lowest BCUT2D eigenvalue weighted by Crippen LogP contribution is -2.49. The lowest BCUT2D eigenvalue weighted by molar-refractivity contribution is -0.140. The highest BCUT2D eigenvalue weighted by Crippen LogP contribution is 2.32. The Hall–Kier alpha value is -3.66. The summed E-state index contributed by atoms with van der Waals surface area (Å²) in [6, 6.07) is 5.51. The summed E-state index contributed by atoms with van der Waals surface area (Å²) in [6.07, 6.45) is -2.26. The van der Waals surface area contributed by atoms with E-state index in [1.165, 1.54) is 6.20 Å². The number of piperazine rings is 1. The van der Waals surface area contributed by atoms with Crippen LogP contribution in [-0.4, -0.2) is 83.8 Å². The van der Waals surface area contributed by atoms with Gasteiger partial charge in [0.2, 0.25) is 5.91 Å². The van der Waals surface area contributed by atoms with E-state index in [1.54, 1.807) is 34.1 Å². The van der Waals surface area contributed by atoms with Crippen LogP contribution in [0.1, 0.15) is 17.5 Å². The Morgan fingerprint density at radius 1 is 1.24 bits per heavy atom. The predicted octanol–water partition coefficient (Wildman–Crippen LogP) is 1.10. The molecule has 0 aromatic carbocycles. The molecule has 182 valence electrons. The van der Waals surface area contributed by atoms with Gasteiger partial charge in [0.25, 0.3) is 5.56 Å². The number of likely N-dealkylation sites (N-methyl/N-ethyl adjacent to an activating group) is 1. The van der Waals surface area contributed by atoms with Crippen molar-refractivity contribution in [2.24, 2.45) is 0 Å². The van der Waals surface area contributed by atoms with Crippen LogP contribution in [0.5, 0.6) is 5.75 Å². The van der Waals surface area contributed by atoms with E-state index in [9.17, 15) is 22.8 Å². The number of rotatable bonds is 8. The second-order valence-electron chi connectivity index (χ2n) is 7.72. The molecular formula is C21H24F3N7O3. The van der Waals surface area contributed by atoms with Crippen molar-refractivity contribution in [3.05, 3.63) is 46.0 Å². The first-order valence-electron chi connectivity index (χ1n) is 10.5. The number of nitrogens with one attached hydrogen (secondary N) is 1. The maximum Gasteiger partial charge on any atom is 0.425 e. The Kier molecular flexibility index (Phi) is 8.06. The fourth-order valence-electron chi connectivity index (χ4n) is 3.45. The molecule has 0 spiro atoms. The van der Waals surface area contributed by atoms with Gasteiger partial charge in [0.15, 0.2) is 11.3 Å². The van der Waals surface area contributed by atoms with E-state index in [1.807, 2.05) is 11.0 Å². The normalized spacial score (nSPS) is 14.2. The Labute approximate surface area is 193 Å². The van der Waals surface area contributed by atoms with Crippen molar-refractivity contribution in [3.63, 3.8) is 0 Å². The van der Waals surface area contributed by atoms with Crippen LogP contribution < -0.4 is 15.2 Å². The van der Waals surface area contributed by atoms with E-state index in [0.29, 0.717) is 38.3 Å². The molecule has 3 heterocycles. The molecule has 1 aliphatic rings. The van der Waals surface area contributed by atoms with Gasteiger partial charge in [-0.15, -0.1) is 0 Å². The van der Waals surface area contributed by atoms with E-state index >= 15 is 0 Å². The summed E-state index contributed by atoms with van der Waals surface area (Å²) in [5, 5.41) is 14.0. The minimum absolute atomic E-state index is 0.0154. The third kappa shape index (κ3) is 6.44. The minimum Gasteiger partial charge on any atom is -0.490 e. The zero-order valence-corrected chi connectivity index (χ0v) is 18.5. The van der Waals surface area contributed by atoms with E-state index in [4.69, 9.17) is 10.00 Å². The number of H-pyrrole nitrogens is 1. The Bertz CT molecular complexity index is 1070. The number of amides is 1. The molecule has 2 aromatic rings. The van der Waals surface area contributed by atoms with Gasteiger partial charge >= 0.3 is 6.18 Å². The summed E-state index contributed by atoms with van der Waals surface area (Å²) in [4.78, 5) is 33.8. The highest BCUT2D eigenvalue weighted by atomic mass is 19.4. The Balaban J connectivity index is 1.40. The van der Waals surface area contributed by atoms with Crippen LogP contribution in [0.4, 0.5) is 19.0 Å². The number of hydrogen-bond acceptors (Lipinski definition) is 8. The van der Waals surface area contributed by atoms with Crippen molar-refractivity contribution >= 4 is 11.7 Å². The smallest absolute Gasteiger partial charge is 0.425 e. The zero-order chi connectivity index (χ0) is 24.7. The predicted molar refractivity (Wildman–Crippen MR) is 115 cm³/mol. The van der Waals surface area contributed by atoms with Crippen molar-refractivity contribution in [2.45, 2.75) is 12.6 Å². The molecule has 13 heteroatoms. The molecule has 1 saturated heterocycles. The second kappa shape index (κ2) is 11.0. The summed E-state index contributed by atoms with van der Waals surface area (Å²) in [5.41, 5.74) is -2.29. The molecule has 0 unspecified atom stereocenters. The van der Waals surface area contributed by atoms with Gasteiger partial charge in [0.1, 0.15) is 18.5 Å². The molecule has 10 nitrogen and oxygen atoms in total. The van der Waals surface area contributed by atoms with Gasteiger partial charge in [-0.25, -0.2) is 10.1 Å². The third-order valence-electron chi connectivity index (χ3n) is 5.38. The van der Waals surface area contributed by atoms with Crippen molar-refractivity contribution in [2.75, 3.05) is 57.8 Å². The first kappa shape index (κ1) is 25.0. The molecule has 1 aliphatic heterocycles. The number of aromatic amines is 1. The molecule has 0 atom stereocenters. The first-order chi connectivity index (χ1) is 16.2. The van der Waals surface area contributed by atoms with Crippen LogP contribution in [0.25, 0.3) is 0 Å². The molecule has 0 bridgehead atoms. The van der Waals surface area contributed by atoms with Crippen LogP contribution in [0.15, 0.2) is 29.3 Å². The number of nitriles is 1. The van der Waals surface area contributed by atoms with Crippen LogP contribution >= 0.6 is 0 Å². The van der Waals surface area contributed by atoms with E-state index in [-0.39, 0.29) is 25.5 Å². The highest BCUT2D eigenvalue weighted by molar-refractivity contribution is 5.76. The number of carbonyl (C=O) groups is 1. The highest BCUT2D eigenvalue weighted by Gasteiger charge is 2.38. The number of hydrogen-bond donors (Lipinski definition) is 1. The molecule has 1 fully saturated rings. The summed E-state index contributed by atoms with van der Waals surface area (Å²) in [5.74, 6) is 0.115. The monoisotopic (exact) mass is 479 g/mol. The number of carbonyl (C=O) groups excluding carboxylic acids is 1. The fourth-order valence-corrected chi connectivity index (χ4v) is 3.45. The second-order valence-corrected chi connectivity index (χ2v) is 7.72. The topological polar surface area (TPSA) is 118 Å². The fraction of sp³-hybridized carbons (Fsp3) is 0.476. The average molecular weight is 479 g/mol. The summed E-state index contributed by atoms with van der Waals surface area (Å²) in [6.45, 7) is 2.90. The third-order valence-corrected chi connectivity index (χ3v) is 5.38. The SMILES string of the molecule is CN(CCOc1cn[nH]c(=O)c1C(F)(F)F)CCC(=O)N1CCN(c2ccc(C#N)cn2)CC1. The Morgan fingerprint density at radius 2 is 1.97 bits per heavy atom. The maximum atomic E-state index is 13.0. The molecular weight excluding hydrogens is 455 g/mol. The number of alkyl halides is 3. The standard InChI is InChI=1S/C21H24F3N7O3/c1-29(10-11-34-16-14-27-28-20(33)19(16)21(22,23)24)5-4-18(32)31-8-6-30(7-9-31)17-3-2-15(12-25)13-26-17/h2-3,13-14H,4-11H2,1H3,(H,28,33). The minimum atomic E-state index is -4.86. The number of ether oxygens (including phenoxy) is 1. The first-order valence-corrected chi connectivity index (χ1v) is 10.5.